The first-order valence-corrected chi connectivity index (χ1v) is 33.2. The van der Waals surface area contributed by atoms with Crippen molar-refractivity contribution in [1.82, 2.24) is 45.1 Å². The number of hydrogen-bond donors (Lipinski definition) is 3. The molecule has 3 N–H and O–H groups in total. The fraction of sp³-hybridized carbons (Fsp3) is 0.360. The Hall–Kier alpha value is -11.1. The Morgan fingerprint density at radius 3 is 0.970 bits per heavy atom. The monoisotopic (exact) mass is 1330 g/mol. The van der Waals surface area contributed by atoms with Crippen molar-refractivity contribution in [3.05, 3.63) is 159 Å². The minimum absolute atomic E-state index is 0.0161. The van der Waals surface area contributed by atoms with Crippen LogP contribution in [0.25, 0.3) is 68.5 Å². The van der Waals surface area contributed by atoms with Crippen molar-refractivity contribution in [2.75, 3.05) is 39.5 Å². The number of amides is 3. The van der Waals surface area contributed by atoms with Crippen LogP contribution in [0, 0.1) is 51.7 Å². The van der Waals surface area contributed by atoms with Gasteiger partial charge in [0.25, 0.3) is 17.7 Å². The molecule has 0 spiro atoms. The lowest BCUT2D eigenvalue weighted by Crippen LogP contribution is -2.30. The lowest BCUT2D eigenvalue weighted by Gasteiger charge is -2.24. The van der Waals surface area contributed by atoms with Gasteiger partial charge in [0.2, 0.25) is 35.2 Å². The van der Waals surface area contributed by atoms with E-state index < -0.39 is 0 Å². The fourth-order valence-electron chi connectivity index (χ4n) is 14.9. The number of fused-ring (bicyclic) bond motifs is 9. The minimum atomic E-state index is -0.0517. The molecule has 6 aromatic carbocycles. The molecule has 3 fully saturated rings. The number of aromatic nitrogens is 6. The van der Waals surface area contributed by atoms with Crippen molar-refractivity contribution in [2.24, 2.45) is 17.8 Å². The third-order valence-electron chi connectivity index (χ3n) is 18.8. The van der Waals surface area contributed by atoms with Crippen molar-refractivity contribution >= 4 is 17.7 Å². The van der Waals surface area contributed by atoms with Crippen molar-refractivity contribution in [3.8, 4) is 104 Å². The van der Waals surface area contributed by atoms with E-state index in [1.807, 2.05) is 96.1 Å². The first-order chi connectivity index (χ1) is 48.0. The number of carbonyl (C=O) groups is 3. The zero-order valence-corrected chi connectivity index (χ0v) is 55.5. The van der Waals surface area contributed by atoms with E-state index >= 15 is 0 Å². The van der Waals surface area contributed by atoms with E-state index in [2.05, 4.69) is 48.6 Å². The second-order valence-corrected chi connectivity index (χ2v) is 26.1. The van der Waals surface area contributed by atoms with Crippen LogP contribution in [-0.2, 0) is 33.6 Å². The van der Waals surface area contributed by atoms with Crippen LogP contribution in [0.4, 0.5) is 0 Å². The molecule has 99 heavy (non-hydrogen) atoms. The highest BCUT2D eigenvalue weighted by Gasteiger charge is 2.49. The molecule has 24 heteroatoms. The largest absolute Gasteiger partial charge is 0.490 e. The van der Waals surface area contributed by atoms with Gasteiger partial charge in [-0.3, -0.25) is 14.4 Å². The molecule has 3 amide bonds. The third kappa shape index (κ3) is 13.0. The number of likely N-dealkylation sites (tertiary alicyclic amines) is 3. The molecule has 6 aliphatic rings. The Labute approximate surface area is 570 Å². The van der Waals surface area contributed by atoms with Gasteiger partial charge in [-0.1, -0.05) is 70.1 Å². The number of carbonyl (C=O) groups excluding carboxylic acids is 3. The summed E-state index contributed by atoms with van der Waals surface area (Å²) < 4.78 is 33.7. The summed E-state index contributed by atoms with van der Waals surface area (Å²) in [5, 5.41) is 69.4. The predicted molar refractivity (Wildman–Crippen MR) is 357 cm³/mol. The van der Waals surface area contributed by atoms with E-state index in [9.17, 15) is 45.5 Å². The average Bonchev–Trinajstić information content (AvgIpc) is 1.61. The van der Waals surface area contributed by atoms with Gasteiger partial charge in [-0.05, 0) is 167 Å². The van der Waals surface area contributed by atoms with Gasteiger partial charge < -0.3 is 57.8 Å². The molecule has 3 aromatic heterocycles. The second kappa shape index (κ2) is 28.2. The zero-order chi connectivity index (χ0) is 69.3. The van der Waals surface area contributed by atoms with Gasteiger partial charge in [-0.2, -0.15) is 30.7 Å². The van der Waals surface area contributed by atoms with Crippen LogP contribution < -0.4 is 14.2 Å². The molecule has 504 valence electrons. The van der Waals surface area contributed by atoms with Crippen LogP contribution in [0.2, 0.25) is 0 Å². The van der Waals surface area contributed by atoms with Crippen LogP contribution in [0.3, 0.4) is 0 Å². The average molecular weight is 1330 g/mol. The van der Waals surface area contributed by atoms with Crippen LogP contribution in [0.5, 0.6) is 17.2 Å². The highest BCUT2D eigenvalue weighted by molar-refractivity contribution is 5.83. The first kappa shape index (κ1) is 66.5. The Balaban J connectivity index is 0.000000133. The van der Waals surface area contributed by atoms with Gasteiger partial charge in [0.1, 0.15) is 35.5 Å². The maximum atomic E-state index is 12.4. The van der Waals surface area contributed by atoms with E-state index in [4.69, 9.17) is 27.8 Å². The highest BCUT2D eigenvalue weighted by Crippen LogP contribution is 2.52. The predicted octanol–water partition coefficient (Wildman–Crippen LogP) is 10.5. The molecule has 6 heterocycles. The van der Waals surface area contributed by atoms with Crippen molar-refractivity contribution in [3.63, 3.8) is 0 Å². The molecule has 0 saturated carbocycles. The highest BCUT2D eigenvalue weighted by atomic mass is 16.5. The Morgan fingerprint density at radius 1 is 0.434 bits per heavy atom. The molecule has 3 saturated heterocycles. The summed E-state index contributed by atoms with van der Waals surface area (Å²) in [6.45, 7) is 12.3. The van der Waals surface area contributed by atoms with Gasteiger partial charge in [0.05, 0.1) is 72.9 Å². The van der Waals surface area contributed by atoms with Gasteiger partial charge in [0, 0.05) is 72.3 Å². The van der Waals surface area contributed by atoms with Crippen molar-refractivity contribution in [1.29, 1.82) is 15.8 Å². The van der Waals surface area contributed by atoms with Crippen LogP contribution in [-0.4, -0.2) is 136 Å². The van der Waals surface area contributed by atoms with Gasteiger partial charge in [-0.25, -0.2) is 0 Å². The number of β-amino-alcohol motifs (C(OH)–C–C–N with tert-alkyl or cyclic N) is 3. The summed E-state index contributed by atoms with van der Waals surface area (Å²) in [5.41, 5.74) is 12.4. The Kier molecular flexibility index (Phi) is 18.9. The summed E-state index contributed by atoms with van der Waals surface area (Å²) >= 11 is 0. The van der Waals surface area contributed by atoms with E-state index in [1.54, 1.807) is 69.3 Å². The summed E-state index contributed by atoms with van der Waals surface area (Å²) in [4.78, 5) is 56.3. The molecule has 6 atom stereocenters. The summed E-state index contributed by atoms with van der Waals surface area (Å²) in [6.07, 6.45) is 3.60. The van der Waals surface area contributed by atoms with E-state index in [-0.39, 0.29) is 91.7 Å². The molecule has 2 unspecified atom stereocenters. The molecule has 0 bridgehead atoms. The van der Waals surface area contributed by atoms with Crippen LogP contribution >= 0.6 is 0 Å². The van der Waals surface area contributed by atoms with Gasteiger partial charge in [0.15, 0.2) is 0 Å². The van der Waals surface area contributed by atoms with Crippen molar-refractivity contribution < 1.29 is 57.5 Å². The quantitative estimate of drug-likeness (QED) is 0.0718. The van der Waals surface area contributed by atoms with Gasteiger partial charge >= 0.3 is 0 Å². The van der Waals surface area contributed by atoms with Crippen LogP contribution in [0.15, 0.2) is 123 Å². The maximum absolute atomic E-state index is 12.4. The molecular formula is C75H72N12O12. The fourth-order valence-corrected chi connectivity index (χ4v) is 14.9. The summed E-state index contributed by atoms with van der Waals surface area (Å²) in [6, 6.07) is 40.0. The topological polar surface area (TPSA) is 337 Å². The Bertz CT molecular complexity index is 4240. The van der Waals surface area contributed by atoms with E-state index in [0.29, 0.717) is 125 Å². The van der Waals surface area contributed by atoms with Crippen LogP contribution in [0.1, 0.15) is 129 Å². The van der Waals surface area contributed by atoms with Crippen molar-refractivity contribution in [2.45, 2.75) is 117 Å². The lowest BCUT2D eigenvalue weighted by molar-refractivity contribution is -0.130. The van der Waals surface area contributed by atoms with Gasteiger partial charge in [-0.15, -0.1) is 0 Å². The SMILES string of the molecule is CC(C)Oc1ccc(-c2nc(-c3cccc4c3CC3CC(=O)N(CCO)C43)no2)cc1C#N.CC(C)Oc1ccc(-c2nc(-c3cccc4c3C[C@@H]3CC(=O)N(CCO)[C@H]43)no2)cc1C#N.CC(C)Oc1ccc(-c2nc(-c3cccc4c3C[C@H]3CC(=O)N(CCO)[C@@H]43)no2)cc1C#N. The molecule has 0 radical (unpaired) electrons. The second-order valence-electron chi connectivity index (χ2n) is 26.1. The van der Waals surface area contributed by atoms with E-state index in [1.165, 1.54) is 0 Å². The summed E-state index contributed by atoms with van der Waals surface area (Å²) in [5.74, 6) is 4.81. The molecule has 24 nitrogen and oxygen atoms in total. The lowest BCUT2D eigenvalue weighted by atomic mass is 10.0. The summed E-state index contributed by atoms with van der Waals surface area (Å²) in [7, 11) is 0. The molecule has 3 aliphatic carbocycles. The standard InChI is InChI=1S/3C25H24N4O4/c3*1-14(2)32-21-7-6-15(10-17(21)13-26)25-27-24(28-33-25)19-5-3-4-18-20(19)11-16-12-22(31)29(8-9-30)23(16)18/h3*3-7,10,14,16,23,30H,8-9,11-12H2,1-2H3/t2*16-,23+;/m10./s1. The first-order valence-electron chi connectivity index (χ1n) is 33.2. The normalized spacial score (nSPS) is 19.0. The number of nitriles is 3. The zero-order valence-electron chi connectivity index (χ0n) is 55.5. The smallest absolute Gasteiger partial charge is 0.258 e. The number of aliphatic hydroxyl groups excluding tert-OH is 3. The number of nitrogens with zero attached hydrogens (tertiary/aromatic N) is 12. The maximum Gasteiger partial charge on any atom is 0.258 e. The number of aliphatic hydroxyl groups is 3. The molecule has 3 aliphatic heterocycles. The number of ether oxygens (including phenoxy) is 3. The molecular weight excluding hydrogens is 1260 g/mol. The number of benzene rings is 6. The molecule has 15 rings (SSSR count). The Morgan fingerprint density at radius 2 is 0.717 bits per heavy atom. The minimum Gasteiger partial charge on any atom is -0.490 e. The number of hydrogen-bond acceptors (Lipinski definition) is 21. The molecule has 9 aromatic rings. The number of rotatable bonds is 18. The van der Waals surface area contributed by atoms with E-state index in [0.717, 1.165) is 69.3 Å². The third-order valence-corrected chi connectivity index (χ3v) is 18.8.